The number of urea groups is 1. The molecule has 3 rings (SSSR count). The van der Waals surface area contributed by atoms with Crippen LogP contribution in [0.15, 0.2) is 28.8 Å². The Morgan fingerprint density at radius 1 is 1.35 bits per heavy atom. The van der Waals surface area contributed by atoms with E-state index in [1.807, 2.05) is 0 Å². The van der Waals surface area contributed by atoms with Crippen LogP contribution in [0.1, 0.15) is 21.8 Å². The third-order valence-electron chi connectivity index (χ3n) is 3.70. The number of carbonyl (C=O) groups excluding carboxylic acids is 2. The van der Waals surface area contributed by atoms with E-state index in [0.29, 0.717) is 35.7 Å². The Bertz CT molecular complexity index is 738. The molecule has 23 heavy (non-hydrogen) atoms. The van der Waals surface area contributed by atoms with Crippen molar-refractivity contribution in [2.24, 2.45) is 5.73 Å². The number of methoxy groups -OCH3 is 1. The van der Waals surface area contributed by atoms with E-state index >= 15 is 0 Å². The number of primary amides is 1. The van der Waals surface area contributed by atoms with Gasteiger partial charge in [-0.3, -0.25) is 4.79 Å². The van der Waals surface area contributed by atoms with Crippen LogP contribution in [0.5, 0.6) is 5.75 Å². The number of hydrogen-bond acceptors (Lipinski definition) is 5. The summed E-state index contributed by atoms with van der Waals surface area (Å²) in [6, 6.07) is 6.39. The van der Waals surface area contributed by atoms with Gasteiger partial charge < -0.3 is 25.2 Å². The van der Waals surface area contributed by atoms with Crippen molar-refractivity contribution < 1.29 is 18.8 Å². The number of nitrogens with zero attached hydrogens (tertiary/aromatic N) is 2. The van der Waals surface area contributed by atoms with Gasteiger partial charge in [-0.15, -0.1) is 0 Å². The van der Waals surface area contributed by atoms with E-state index in [4.69, 9.17) is 15.0 Å². The molecule has 0 spiro atoms. The first-order chi connectivity index (χ1) is 11.1. The predicted molar refractivity (Wildman–Crippen MR) is 81.1 cm³/mol. The van der Waals surface area contributed by atoms with Gasteiger partial charge in [-0.05, 0) is 24.3 Å². The molecular formula is C15H16N4O4. The summed E-state index contributed by atoms with van der Waals surface area (Å²) >= 11 is 0. The summed E-state index contributed by atoms with van der Waals surface area (Å²) in [6.45, 7) is 0.677. The van der Waals surface area contributed by atoms with E-state index in [-0.39, 0.29) is 12.2 Å². The van der Waals surface area contributed by atoms with Crippen LogP contribution >= 0.6 is 0 Å². The number of hydrogen-bond donors (Lipinski definition) is 2. The maximum absolute atomic E-state index is 12.4. The maximum Gasteiger partial charge on any atom is 0.315 e. The average molecular weight is 316 g/mol. The Morgan fingerprint density at radius 3 is 2.74 bits per heavy atom. The first-order valence-corrected chi connectivity index (χ1v) is 7.05. The van der Waals surface area contributed by atoms with Crippen LogP contribution in [0.3, 0.4) is 0 Å². The van der Waals surface area contributed by atoms with Gasteiger partial charge in [-0.25, -0.2) is 4.79 Å². The fourth-order valence-corrected chi connectivity index (χ4v) is 2.44. The topological polar surface area (TPSA) is 111 Å². The zero-order valence-corrected chi connectivity index (χ0v) is 12.5. The van der Waals surface area contributed by atoms with Crippen molar-refractivity contribution in [2.45, 2.75) is 13.0 Å². The van der Waals surface area contributed by atoms with E-state index in [2.05, 4.69) is 10.5 Å². The highest BCUT2D eigenvalue weighted by molar-refractivity contribution is 6.04. The first-order valence-electron chi connectivity index (χ1n) is 7.05. The lowest BCUT2D eigenvalue weighted by Gasteiger charge is -2.23. The third kappa shape index (κ3) is 2.96. The van der Waals surface area contributed by atoms with E-state index in [0.717, 1.165) is 0 Å². The summed E-state index contributed by atoms with van der Waals surface area (Å²) in [5, 5.41) is 6.57. The van der Waals surface area contributed by atoms with Gasteiger partial charge in [0.2, 0.25) is 0 Å². The van der Waals surface area contributed by atoms with Gasteiger partial charge in [-0.2, -0.15) is 0 Å². The molecule has 0 fully saturated rings. The summed E-state index contributed by atoms with van der Waals surface area (Å²) < 4.78 is 10.3. The van der Waals surface area contributed by atoms with E-state index in [1.165, 1.54) is 4.90 Å². The Morgan fingerprint density at radius 2 is 2.09 bits per heavy atom. The van der Waals surface area contributed by atoms with E-state index in [9.17, 15) is 9.59 Å². The zero-order chi connectivity index (χ0) is 16.4. The molecule has 1 aliphatic rings. The number of anilines is 1. The highest BCUT2D eigenvalue weighted by atomic mass is 16.5. The number of aromatic nitrogens is 1. The molecule has 0 saturated carbocycles. The number of carbonyl (C=O) groups is 2. The second-order valence-corrected chi connectivity index (χ2v) is 5.13. The monoisotopic (exact) mass is 316 g/mol. The van der Waals surface area contributed by atoms with Crippen molar-refractivity contribution in [3.8, 4) is 5.75 Å². The van der Waals surface area contributed by atoms with Crippen molar-refractivity contribution in [2.75, 3.05) is 19.0 Å². The smallest absolute Gasteiger partial charge is 0.315 e. The largest absolute Gasteiger partial charge is 0.497 e. The average Bonchev–Trinajstić information content (AvgIpc) is 2.98. The minimum Gasteiger partial charge on any atom is -0.497 e. The highest BCUT2D eigenvalue weighted by Crippen LogP contribution is 2.23. The van der Waals surface area contributed by atoms with Crippen LogP contribution in [0.25, 0.3) is 0 Å². The SMILES string of the molecule is COc1ccc(NC(=O)c2noc3c2CN(C(N)=O)CC3)cc1. The predicted octanol–water partition coefficient (Wildman–Crippen LogP) is 1.37. The number of amides is 3. The Hall–Kier alpha value is -3.03. The van der Waals surface area contributed by atoms with Gasteiger partial charge in [0.1, 0.15) is 11.5 Å². The van der Waals surface area contributed by atoms with E-state index < -0.39 is 11.9 Å². The first kappa shape index (κ1) is 14.9. The van der Waals surface area contributed by atoms with Gasteiger partial charge in [-0.1, -0.05) is 5.16 Å². The quantitative estimate of drug-likeness (QED) is 0.888. The van der Waals surface area contributed by atoms with Crippen molar-refractivity contribution in [1.29, 1.82) is 0 Å². The minimum absolute atomic E-state index is 0.168. The van der Waals surface area contributed by atoms with Gasteiger partial charge in [0.15, 0.2) is 5.69 Å². The molecule has 0 atom stereocenters. The number of nitrogens with one attached hydrogen (secondary N) is 1. The van der Waals surface area contributed by atoms with Crippen LogP contribution in [0.4, 0.5) is 10.5 Å². The molecule has 0 unspecified atom stereocenters. The van der Waals surface area contributed by atoms with Gasteiger partial charge in [0.05, 0.1) is 13.7 Å². The second-order valence-electron chi connectivity index (χ2n) is 5.13. The van der Waals surface area contributed by atoms with Crippen molar-refractivity contribution in [3.63, 3.8) is 0 Å². The number of ether oxygens (including phenoxy) is 1. The summed E-state index contributed by atoms with van der Waals surface area (Å²) in [5.41, 5.74) is 6.67. The summed E-state index contributed by atoms with van der Waals surface area (Å²) in [5.74, 6) is 0.910. The molecule has 120 valence electrons. The van der Waals surface area contributed by atoms with Crippen LogP contribution in [-0.2, 0) is 13.0 Å². The normalized spacial score (nSPS) is 13.3. The molecule has 0 radical (unpaired) electrons. The molecule has 8 nitrogen and oxygen atoms in total. The zero-order valence-electron chi connectivity index (χ0n) is 12.5. The Balaban J connectivity index is 1.78. The van der Waals surface area contributed by atoms with Crippen molar-refractivity contribution >= 4 is 17.6 Å². The van der Waals surface area contributed by atoms with Crippen LogP contribution in [-0.4, -0.2) is 35.6 Å². The molecule has 0 bridgehead atoms. The lowest BCUT2D eigenvalue weighted by molar-refractivity contribution is 0.101. The van der Waals surface area contributed by atoms with Crippen LogP contribution in [0.2, 0.25) is 0 Å². The van der Waals surface area contributed by atoms with Crippen molar-refractivity contribution in [3.05, 3.63) is 41.3 Å². The van der Waals surface area contributed by atoms with E-state index in [1.54, 1.807) is 31.4 Å². The Labute approximate surface area is 132 Å². The fourth-order valence-electron chi connectivity index (χ4n) is 2.44. The third-order valence-corrected chi connectivity index (χ3v) is 3.70. The highest BCUT2D eigenvalue weighted by Gasteiger charge is 2.28. The standard InChI is InChI=1S/C15H16N4O4/c1-22-10-4-2-9(3-5-10)17-14(20)13-11-8-19(15(16)21)7-6-12(11)23-18-13/h2-5H,6-8H2,1H3,(H2,16,21)(H,17,20). The number of nitrogens with two attached hydrogens (primary N) is 1. The Kier molecular flexibility index (Phi) is 3.88. The minimum atomic E-state index is -0.529. The second kappa shape index (κ2) is 5.99. The molecule has 1 aliphatic heterocycles. The molecule has 0 aliphatic carbocycles. The van der Waals surface area contributed by atoms with Gasteiger partial charge in [0.25, 0.3) is 5.91 Å². The molecule has 3 N–H and O–H groups in total. The summed E-state index contributed by atoms with van der Waals surface area (Å²) in [4.78, 5) is 25.1. The molecular weight excluding hydrogens is 300 g/mol. The van der Waals surface area contributed by atoms with Crippen LogP contribution < -0.4 is 15.8 Å². The molecule has 1 aromatic heterocycles. The number of benzene rings is 1. The lowest BCUT2D eigenvalue weighted by Crippen LogP contribution is -2.39. The number of rotatable bonds is 3. The van der Waals surface area contributed by atoms with Crippen LogP contribution in [0, 0.1) is 0 Å². The summed E-state index contributed by atoms with van der Waals surface area (Å²) in [6.07, 6.45) is 0.487. The maximum atomic E-state index is 12.4. The van der Waals surface area contributed by atoms with Crippen molar-refractivity contribution in [1.82, 2.24) is 10.1 Å². The van der Waals surface area contributed by atoms with Gasteiger partial charge in [0, 0.05) is 24.2 Å². The fraction of sp³-hybridized carbons (Fsp3) is 0.267. The molecule has 8 heteroatoms. The molecule has 1 aromatic carbocycles. The molecule has 0 saturated heterocycles. The van der Waals surface area contributed by atoms with Gasteiger partial charge >= 0.3 is 6.03 Å². The molecule has 2 heterocycles. The molecule has 3 amide bonds. The lowest BCUT2D eigenvalue weighted by atomic mass is 10.1. The molecule has 2 aromatic rings. The number of fused-ring (bicyclic) bond motifs is 1. The summed E-state index contributed by atoms with van der Waals surface area (Å²) in [7, 11) is 1.57.